The Bertz CT molecular complexity index is 315. The van der Waals surface area contributed by atoms with Crippen LogP contribution in [0.15, 0.2) is 18.2 Å². The number of aliphatic hydroxyl groups excluding tert-OH is 2. The summed E-state index contributed by atoms with van der Waals surface area (Å²) in [6, 6.07) is 4.58. The van der Waals surface area contributed by atoms with Crippen molar-refractivity contribution < 1.29 is 10.2 Å². The van der Waals surface area contributed by atoms with E-state index in [0.717, 1.165) is 5.56 Å². The molecule has 0 aliphatic rings. The van der Waals surface area contributed by atoms with Gasteiger partial charge in [-0.3, -0.25) is 0 Å². The van der Waals surface area contributed by atoms with Crippen LogP contribution in [0.25, 0.3) is 0 Å². The van der Waals surface area contributed by atoms with Gasteiger partial charge in [-0.05, 0) is 30.2 Å². The maximum atomic E-state index is 9.32. The van der Waals surface area contributed by atoms with Gasteiger partial charge in [-0.1, -0.05) is 17.7 Å². The number of aliphatic hydroxyl groups is 2. The van der Waals surface area contributed by atoms with E-state index in [1.54, 1.807) is 25.1 Å². The minimum Gasteiger partial charge on any atom is -0.392 e. The Morgan fingerprint density at radius 2 is 2.14 bits per heavy atom. The summed E-state index contributed by atoms with van der Waals surface area (Å²) in [6.45, 7) is 1.48. The number of hydrogen-bond donors (Lipinski definition) is 3. The largest absolute Gasteiger partial charge is 0.392 e. The molecule has 3 nitrogen and oxygen atoms in total. The fourth-order valence-corrected chi connectivity index (χ4v) is 1.49. The molecule has 0 spiro atoms. The van der Waals surface area contributed by atoms with Crippen LogP contribution < -0.4 is 5.73 Å². The average molecular weight is 216 g/mol. The topological polar surface area (TPSA) is 66.5 Å². The summed E-state index contributed by atoms with van der Waals surface area (Å²) >= 11 is 5.77. The molecule has 0 unspecified atom stereocenters. The smallest absolute Gasteiger partial charge is 0.0704 e. The Kier molecular flexibility index (Phi) is 3.89. The molecule has 14 heavy (non-hydrogen) atoms. The fraction of sp³-hybridized carbons (Fsp3) is 0.400. The van der Waals surface area contributed by atoms with Gasteiger partial charge >= 0.3 is 0 Å². The van der Waals surface area contributed by atoms with Crippen molar-refractivity contribution >= 4 is 11.6 Å². The van der Waals surface area contributed by atoms with Crippen LogP contribution in [0.1, 0.15) is 24.1 Å². The minimum atomic E-state index is -0.651. The first-order valence-electron chi connectivity index (χ1n) is 4.39. The Morgan fingerprint density at radius 1 is 1.50 bits per heavy atom. The van der Waals surface area contributed by atoms with Crippen LogP contribution in [0.5, 0.6) is 0 Å². The van der Waals surface area contributed by atoms with Crippen molar-refractivity contribution in [3.8, 4) is 0 Å². The summed E-state index contributed by atoms with van der Waals surface area (Å²) in [6.07, 6.45) is -0.651. The predicted octanol–water partition coefficient (Wildman–Crippen LogP) is 1.21. The maximum Gasteiger partial charge on any atom is 0.0704 e. The van der Waals surface area contributed by atoms with E-state index in [1.807, 2.05) is 0 Å². The van der Waals surface area contributed by atoms with Gasteiger partial charge in [0.05, 0.1) is 18.8 Å². The number of halogens is 1. The average Bonchev–Trinajstić information content (AvgIpc) is 2.16. The zero-order valence-electron chi connectivity index (χ0n) is 7.94. The Morgan fingerprint density at radius 3 is 2.64 bits per heavy atom. The second-order valence-electron chi connectivity index (χ2n) is 3.27. The molecule has 0 amide bonds. The van der Waals surface area contributed by atoms with Crippen LogP contribution in [0.3, 0.4) is 0 Å². The quantitative estimate of drug-likeness (QED) is 0.710. The molecule has 0 radical (unpaired) electrons. The molecular formula is C10H14ClNO2. The molecule has 1 aromatic carbocycles. The molecule has 1 aromatic rings. The van der Waals surface area contributed by atoms with E-state index in [2.05, 4.69) is 0 Å². The maximum absolute atomic E-state index is 9.32. The molecule has 0 heterocycles. The predicted molar refractivity (Wildman–Crippen MR) is 56.0 cm³/mol. The molecule has 0 aliphatic carbocycles. The molecule has 0 fully saturated rings. The molecule has 0 saturated heterocycles. The Balaban J connectivity index is 3.07. The monoisotopic (exact) mass is 215 g/mol. The van der Waals surface area contributed by atoms with Crippen molar-refractivity contribution in [1.29, 1.82) is 0 Å². The highest BCUT2D eigenvalue weighted by atomic mass is 35.5. The fourth-order valence-electron chi connectivity index (χ4n) is 1.30. The third kappa shape index (κ3) is 2.45. The lowest BCUT2D eigenvalue weighted by Gasteiger charge is -2.18. The summed E-state index contributed by atoms with van der Waals surface area (Å²) in [5.41, 5.74) is 7.15. The van der Waals surface area contributed by atoms with E-state index in [1.165, 1.54) is 0 Å². The lowest BCUT2D eigenvalue weighted by Crippen LogP contribution is -2.24. The minimum absolute atomic E-state index is 0.129. The number of benzene rings is 1. The van der Waals surface area contributed by atoms with Gasteiger partial charge in [0.1, 0.15) is 0 Å². The van der Waals surface area contributed by atoms with Gasteiger partial charge in [-0.25, -0.2) is 0 Å². The molecule has 2 atom stereocenters. The molecule has 78 valence electrons. The third-order valence-electron chi connectivity index (χ3n) is 2.15. The van der Waals surface area contributed by atoms with E-state index < -0.39 is 12.1 Å². The van der Waals surface area contributed by atoms with Gasteiger partial charge in [0.25, 0.3) is 0 Å². The summed E-state index contributed by atoms with van der Waals surface area (Å²) < 4.78 is 0. The van der Waals surface area contributed by atoms with Gasteiger partial charge < -0.3 is 15.9 Å². The van der Waals surface area contributed by atoms with Crippen molar-refractivity contribution in [2.45, 2.75) is 25.7 Å². The van der Waals surface area contributed by atoms with E-state index >= 15 is 0 Å². The van der Waals surface area contributed by atoms with E-state index in [-0.39, 0.29) is 6.61 Å². The van der Waals surface area contributed by atoms with Gasteiger partial charge in [0.2, 0.25) is 0 Å². The Labute approximate surface area is 88.1 Å². The van der Waals surface area contributed by atoms with E-state index in [9.17, 15) is 5.11 Å². The van der Waals surface area contributed by atoms with E-state index in [4.69, 9.17) is 22.4 Å². The zero-order valence-corrected chi connectivity index (χ0v) is 8.70. The molecule has 0 aromatic heterocycles. The SMILES string of the molecule is C[C@@H](O)[C@@H](N)c1ccc(Cl)cc1CO. The molecule has 1 rings (SSSR count). The first-order valence-corrected chi connectivity index (χ1v) is 4.77. The highest BCUT2D eigenvalue weighted by Crippen LogP contribution is 2.22. The van der Waals surface area contributed by atoms with Crippen LogP contribution in [-0.2, 0) is 6.61 Å². The molecule has 0 saturated carbocycles. The van der Waals surface area contributed by atoms with Crippen LogP contribution in [0.4, 0.5) is 0 Å². The number of rotatable bonds is 3. The summed E-state index contributed by atoms with van der Waals surface area (Å²) in [5.74, 6) is 0. The highest BCUT2D eigenvalue weighted by Gasteiger charge is 2.15. The molecule has 0 bridgehead atoms. The van der Waals surface area contributed by atoms with Crippen molar-refractivity contribution in [2.75, 3.05) is 0 Å². The van der Waals surface area contributed by atoms with Crippen molar-refractivity contribution in [3.05, 3.63) is 34.3 Å². The van der Waals surface area contributed by atoms with Crippen molar-refractivity contribution in [1.82, 2.24) is 0 Å². The second-order valence-corrected chi connectivity index (χ2v) is 3.70. The second kappa shape index (κ2) is 4.75. The lowest BCUT2D eigenvalue weighted by atomic mass is 9.98. The standard InChI is InChI=1S/C10H14ClNO2/c1-6(14)10(12)9-3-2-8(11)4-7(9)5-13/h2-4,6,10,13-14H,5,12H2,1H3/t6-,10-/m1/s1. The number of nitrogens with two attached hydrogens (primary N) is 1. The molecular weight excluding hydrogens is 202 g/mol. The third-order valence-corrected chi connectivity index (χ3v) is 2.39. The molecule has 4 heteroatoms. The first kappa shape index (κ1) is 11.5. The lowest BCUT2D eigenvalue weighted by molar-refractivity contribution is 0.163. The van der Waals surface area contributed by atoms with Crippen molar-refractivity contribution in [2.24, 2.45) is 5.73 Å². The van der Waals surface area contributed by atoms with Crippen LogP contribution in [-0.4, -0.2) is 16.3 Å². The van der Waals surface area contributed by atoms with Crippen molar-refractivity contribution in [3.63, 3.8) is 0 Å². The zero-order chi connectivity index (χ0) is 10.7. The van der Waals surface area contributed by atoms with Gasteiger partial charge in [-0.15, -0.1) is 0 Å². The normalized spacial score (nSPS) is 15.2. The van der Waals surface area contributed by atoms with Crippen LogP contribution in [0, 0.1) is 0 Å². The van der Waals surface area contributed by atoms with Crippen LogP contribution in [0.2, 0.25) is 5.02 Å². The highest BCUT2D eigenvalue weighted by molar-refractivity contribution is 6.30. The van der Waals surface area contributed by atoms with Gasteiger partial charge in [0, 0.05) is 5.02 Å². The Hall–Kier alpha value is -0.610. The number of hydrogen-bond acceptors (Lipinski definition) is 3. The van der Waals surface area contributed by atoms with Gasteiger partial charge in [0.15, 0.2) is 0 Å². The van der Waals surface area contributed by atoms with E-state index in [0.29, 0.717) is 10.6 Å². The summed E-state index contributed by atoms with van der Waals surface area (Å²) in [4.78, 5) is 0. The van der Waals surface area contributed by atoms with Gasteiger partial charge in [-0.2, -0.15) is 0 Å². The molecule has 4 N–H and O–H groups in total. The first-order chi connectivity index (χ1) is 6.56. The molecule has 0 aliphatic heterocycles. The summed E-state index contributed by atoms with van der Waals surface area (Å²) in [7, 11) is 0. The summed E-state index contributed by atoms with van der Waals surface area (Å²) in [5, 5.41) is 19.0. The van der Waals surface area contributed by atoms with Crippen LogP contribution >= 0.6 is 11.6 Å².